The average molecular weight is 289 g/mol. The summed E-state index contributed by atoms with van der Waals surface area (Å²) in [5.41, 5.74) is 0.531. The van der Waals surface area contributed by atoms with Crippen molar-refractivity contribution in [2.24, 2.45) is 17.3 Å². The summed E-state index contributed by atoms with van der Waals surface area (Å²) in [4.78, 5) is 0.757. The molecule has 0 heterocycles. The van der Waals surface area contributed by atoms with E-state index in [0.29, 0.717) is 5.41 Å². The van der Waals surface area contributed by atoms with Crippen LogP contribution in [0.3, 0.4) is 0 Å². The van der Waals surface area contributed by atoms with Gasteiger partial charge in [-0.1, -0.05) is 69.3 Å². The van der Waals surface area contributed by atoms with Crippen molar-refractivity contribution >= 4 is 15.9 Å². The van der Waals surface area contributed by atoms with Crippen LogP contribution in [0.1, 0.15) is 72.6 Å². The van der Waals surface area contributed by atoms with E-state index in [2.05, 4.69) is 43.6 Å². The van der Waals surface area contributed by atoms with Gasteiger partial charge in [-0.15, -0.1) is 0 Å². The van der Waals surface area contributed by atoms with E-state index < -0.39 is 0 Å². The molecule has 1 fully saturated rings. The molecule has 0 bridgehead atoms. The van der Waals surface area contributed by atoms with Crippen molar-refractivity contribution in [2.45, 2.75) is 77.5 Å². The highest BCUT2D eigenvalue weighted by molar-refractivity contribution is 9.09. The van der Waals surface area contributed by atoms with E-state index in [1.165, 1.54) is 44.9 Å². The van der Waals surface area contributed by atoms with E-state index in [-0.39, 0.29) is 0 Å². The Kier molecular flexibility index (Phi) is 5.84. The van der Waals surface area contributed by atoms with Crippen LogP contribution in [0.2, 0.25) is 0 Å². The molecule has 0 aromatic heterocycles. The molecule has 3 atom stereocenters. The highest BCUT2D eigenvalue weighted by Crippen LogP contribution is 2.45. The molecule has 1 aliphatic rings. The van der Waals surface area contributed by atoms with Crippen LogP contribution in [0.5, 0.6) is 0 Å². The van der Waals surface area contributed by atoms with Gasteiger partial charge in [-0.2, -0.15) is 0 Å². The summed E-state index contributed by atoms with van der Waals surface area (Å²) in [7, 11) is 0. The molecule has 1 rings (SSSR count). The van der Waals surface area contributed by atoms with E-state index >= 15 is 0 Å². The molecule has 3 unspecified atom stereocenters. The number of hydrogen-bond donors (Lipinski definition) is 0. The van der Waals surface area contributed by atoms with Gasteiger partial charge in [0, 0.05) is 4.83 Å². The zero-order chi connectivity index (χ0) is 12.2. The van der Waals surface area contributed by atoms with E-state index in [1.54, 1.807) is 0 Å². The molecule has 0 aromatic rings. The number of halogens is 1. The van der Waals surface area contributed by atoms with Crippen LogP contribution in [0.15, 0.2) is 0 Å². The molecule has 16 heavy (non-hydrogen) atoms. The average Bonchev–Trinajstić information content (AvgIpc) is 2.17. The van der Waals surface area contributed by atoms with Crippen molar-refractivity contribution in [2.75, 3.05) is 0 Å². The SMILES string of the molecule is CCCCCC(C)(C)C1CCC(C)CC1Br. The molecule has 1 aliphatic carbocycles. The largest absolute Gasteiger partial charge is 0.0887 e. The zero-order valence-corrected chi connectivity index (χ0v) is 13.1. The quantitative estimate of drug-likeness (QED) is 0.443. The van der Waals surface area contributed by atoms with Gasteiger partial charge in [0.2, 0.25) is 0 Å². The van der Waals surface area contributed by atoms with Gasteiger partial charge in [0.15, 0.2) is 0 Å². The fourth-order valence-corrected chi connectivity index (χ4v) is 4.83. The van der Waals surface area contributed by atoms with Crippen LogP contribution in [-0.2, 0) is 0 Å². The first-order valence-electron chi connectivity index (χ1n) is 7.11. The maximum absolute atomic E-state index is 3.94. The van der Waals surface area contributed by atoms with Crippen molar-refractivity contribution in [3.05, 3.63) is 0 Å². The van der Waals surface area contributed by atoms with Crippen LogP contribution in [0.4, 0.5) is 0 Å². The molecule has 0 amide bonds. The standard InChI is InChI=1S/C15H29Br/c1-5-6-7-10-15(3,4)13-9-8-12(2)11-14(13)16/h12-14H,5-11H2,1-4H3. The molecule has 0 radical (unpaired) electrons. The normalized spacial score (nSPS) is 31.7. The first-order chi connectivity index (χ1) is 7.47. The first kappa shape index (κ1) is 14.5. The summed E-state index contributed by atoms with van der Waals surface area (Å²) in [5, 5.41) is 0. The smallest absolute Gasteiger partial charge is 0.0181 e. The fourth-order valence-electron chi connectivity index (χ4n) is 3.21. The molecule has 0 saturated heterocycles. The molecular weight excluding hydrogens is 260 g/mol. The summed E-state index contributed by atoms with van der Waals surface area (Å²) in [6.07, 6.45) is 9.80. The molecule has 1 heteroatoms. The lowest BCUT2D eigenvalue weighted by atomic mass is 9.67. The van der Waals surface area contributed by atoms with E-state index in [4.69, 9.17) is 0 Å². The van der Waals surface area contributed by atoms with Crippen LogP contribution in [0, 0.1) is 17.3 Å². The van der Waals surface area contributed by atoms with Gasteiger partial charge in [-0.25, -0.2) is 0 Å². The van der Waals surface area contributed by atoms with Crippen LogP contribution in [-0.4, -0.2) is 4.83 Å². The summed E-state index contributed by atoms with van der Waals surface area (Å²) in [5.74, 6) is 1.81. The molecule has 0 N–H and O–H groups in total. The summed E-state index contributed by atoms with van der Waals surface area (Å²) in [6.45, 7) is 9.66. The second-order valence-electron chi connectivity index (χ2n) is 6.49. The minimum atomic E-state index is 0.531. The molecule has 1 saturated carbocycles. The fraction of sp³-hybridized carbons (Fsp3) is 1.00. The summed E-state index contributed by atoms with van der Waals surface area (Å²) < 4.78 is 0. The molecule has 0 spiro atoms. The molecule has 0 nitrogen and oxygen atoms in total. The van der Waals surface area contributed by atoms with Gasteiger partial charge in [-0.3, -0.25) is 0 Å². The predicted molar refractivity (Wildman–Crippen MR) is 77.1 cm³/mol. The number of rotatable bonds is 5. The Morgan fingerprint density at radius 2 is 1.88 bits per heavy atom. The Bertz CT molecular complexity index is 198. The Hall–Kier alpha value is 0.480. The lowest BCUT2D eigenvalue weighted by Gasteiger charge is -2.42. The lowest BCUT2D eigenvalue weighted by Crippen LogP contribution is -2.35. The minimum Gasteiger partial charge on any atom is -0.0887 e. The van der Waals surface area contributed by atoms with Gasteiger partial charge in [0.1, 0.15) is 0 Å². The highest BCUT2D eigenvalue weighted by Gasteiger charge is 2.37. The Balaban J connectivity index is 2.47. The van der Waals surface area contributed by atoms with Crippen molar-refractivity contribution in [1.82, 2.24) is 0 Å². The third-order valence-electron chi connectivity index (χ3n) is 4.46. The first-order valence-corrected chi connectivity index (χ1v) is 8.03. The topological polar surface area (TPSA) is 0 Å². The third kappa shape index (κ3) is 4.05. The Morgan fingerprint density at radius 1 is 1.19 bits per heavy atom. The van der Waals surface area contributed by atoms with Crippen molar-refractivity contribution in [1.29, 1.82) is 0 Å². The molecule has 96 valence electrons. The van der Waals surface area contributed by atoms with Crippen molar-refractivity contribution < 1.29 is 0 Å². The second-order valence-corrected chi connectivity index (χ2v) is 7.66. The number of alkyl halides is 1. The van der Waals surface area contributed by atoms with E-state index in [9.17, 15) is 0 Å². The van der Waals surface area contributed by atoms with E-state index in [1.807, 2.05) is 0 Å². The molecule has 0 aromatic carbocycles. The second kappa shape index (κ2) is 6.42. The van der Waals surface area contributed by atoms with Gasteiger partial charge in [0.25, 0.3) is 0 Å². The van der Waals surface area contributed by atoms with Gasteiger partial charge < -0.3 is 0 Å². The number of unbranched alkanes of at least 4 members (excludes halogenated alkanes) is 2. The zero-order valence-electron chi connectivity index (χ0n) is 11.6. The van der Waals surface area contributed by atoms with Crippen molar-refractivity contribution in [3.63, 3.8) is 0 Å². The lowest BCUT2D eigenvalue weighted by molar-refractivity contribution is 0.133. The van der Waals surface area contributed by atoms with Crippen LogP contribution < -0.4 is 0 Å². The van der Waals surface area contributed by atoms with E-state index in [0.717, 1.165) is 16.7 Å². The van der Waals surface area contributed by atoms with Gasteiger partial charge in [-0.05, 0) is 36.5 Å². The van der Waals surface area contributed by atoms with Gasteiger partial charge in [0.05, 0.1) is 0 Å². The van der Waals surface area contributed by atoms with Gasteiger partial charge >= 0.3 is 0 Å². The minimum absolute atomic E-state index is 0.531. The summed E-state index contributed by atoms with van der Waals surface area (Å²) in [6, 6.07) is 0. The number of hydrogen-bond acceptors (Lipinski definition) is 0. The van der Waals surface area contributed by atoms with Crippen LogP contribution in [0.25, 0.3) is 0 Å². The summed E-state index contributed by atoms with van der Waals surface area (Å²) >= 11 is 3.94. The van der Waals surface area contributed by atoms with Crippen LogP contribution >= 0.6 is 15.9 Å². The molecular formula is C15H29Br. The monoisotopic (exact) mass is 288 g/mol. The molecule has 0 aliphatic heterocycles. The van der Waals surface area contributed by atoms with Crippen molar-refractivity contribution in [3.8, 4) is 0 Å². The maximum Gasteiger partial charge on any atom is 0.0181 e. The third-order valence-corrected chi connectivity index (χ3v) is 5.48. The maximum atomic E-state index is 3.94. The Labute approximate surface area is 111 Å². The predicted octanol–water partition coefficient (Wildman–Crippen LogP) is 5.79. The Morgan fingerprint density at radius 3 is 2.44 bits per heavy atom. The highest BCUT2D eigenvalue weighted by atomic mass is 79.9.